The van der Waals surface area contributed by atoms with Crippen LogP contribution in [0.5, 0.6) is 11.5 Å². The molecule has 0 saturated carbocycles. The van der Waals surface area contributed by atoms with E-state index in [1.165, 1.54) is 0 Å². The smallest absolute Gasteiger partial charge is 0.224 e. The first kappa shape index (κ1) is 18.0. The van der Waals surface area contributed by atoms with E-state index in [-0.39, 0.29) is 5.75 Å². The number of nitrogens with zero attached hydrogens (tertiary/aromatic N) is 1. The van der Waals surface area contributed by atoms with E-state index < -0.39 is 6.10 Å². The van der Waals surface area contributed by atoms with Gasteiger partial charge in [0.1, 0.15) is 23.3 Å². The topological polar surface area (TPSA) is 75.7 Å². The molecule has 26 heavy (non-hydrogen) atoms. The summed E-state index contributed by atoms with van der Waals surface area (Å²) in [6.07, 6.45) is -0.199. The van der Waals surface area contributed by atoms with Crippen molar-refractivity contribution in [3.8, 4) is 34.1 Å². The summed E-state index contributed by atoms with van der Waals surface area (Å²) in [7, 11) is 1.62. The van der Waals surface area contributed by atoms with Gasteiger partial charge in [-0.05, 0) is 60.9 Å². The molecule has 3 rings (SSSR count). The van der Waals surface area contributed by atoms with Gasteiger partial charge in [0.05, 0.1) is 7.11 Å². The van der Waals surface area contributed by atoms with E-state index in [2.05, 4.69) is 4.98 Å². The first-order valence-corrected chi connectivity index (χ1v) is 8.60. The molecule has 1 unspecified atom stereocenters. The Labute approximate surface area is 152 Å². The number of phenolic OH excluding ortho intramolecular Hbond substituents is 1. The summed E-state index contributed by atoms with van der Waals surface area (Å²) >= 11 is 0. The van der Waals surface area contributed by atoms with Gasteiger partial charge in [0.25, 0.3) is 0 Å². The summed E-state index contributed by atoms with van der Waals surface area (Å²) in [6, 6.07) is 14.2. The number of aliphatic hydroxyl groups excluding tert-OH is 1. The molecule has 2 N–H and O–H groups in total. The molecule has 1 aromatic heterocycles. The quantitative estimate of drug-likeness (QED) is 0.665. The molecule has 0 aliphatic rings. The van der Waals surface area contributed by atoms with Crippen LogP contribution in [0.15, 0.2) is 52.9 Å². The van der Waals surface area contributed by atoms with Crippen LogP contribution < -0.4 is 4.74 Å². The first-order valence-electron chi connectivity index (χ1n) is 8.60. The standard InChI is InChI=1S/C21H23NO4/c1-13(2)12-18(24)21-22-19(14-6-10-17(25-3)11-7-14)20(26-21)15-4-8-16(23)9-5-15/h4-11,13,18,23-24H,12H2,1-3H3. The maximum Gasteiger partial charge on any atom is 0.224 e. The SMILES string of the molecule is COc1ccc(-c2nc(C(O)CC(C)C)oc2-c2ccc(O)cc2)cc1. The zero-order valence-electron chi connectivity index (χ0n) is 15.1. The highest BCUT2D eigenvalue weighted by Gasteiger charge is 2.22. The molecule has 0 fully saturated rings. The number of ether oxygens (including phenoxy) is 1. The van der Waals surface area contributed by atoms with Gasteiger partial charge in [-0.25, -0.2) is 4.98 Å². The highest BCUT2D eigenvalue weighted by molar-refractivity contribution is 5.77. The second-order valence-corrected chi connectivity index (χ2v) is 6.65. The lowest BCUT2D eigenvalue weighted by Gasteiger charge is -2.08. The molecule has 5 heteroatoms. The van der Waals surface area contributed by atoms with Gasteiger partial charge in [-0.1, -0.05) is 13.8 Å². The average molecular weight is 353 g/mol. The number of benzene rings is 2. The van der Waals surface area contributed by atoms with Crippen molar-refractivity contribution in [2.24, 2.45) is 5.92 Å². The third-order valence-corrected chi connectivity index (χ3v) is 4.12. The number of hydrogen-bond acceptors (Lipinski definition) is 5. The van der Waals surface area contributed by atoms with Crippen LogP contribution in [0.25, 0.3) is 22.6 Å². The molecule has 1 heterocycles. The number of rotatable bonds is 6. The number of methoxy groups -OCH3 is 1. The molecule has 0 bridgehead atoms. The minimum atomic E-state index is -0.766. The van der Waals surface area contributed by atoms with Crippen LogP contribution in [0.1, 0.15) is 32.3 Å². The van der Waals surface area contributed by atoms with Gasteiger partial charge in [0.15, 0.2) is 5.76 Å². The summed E-state index contributed by atoms with van der Waals surface area (Å²) in [5.41, 5.74) is 2.29. The maximum absolute atomic E-state index is 10.4. The monoisotopic (exact) mass is 353 g/mol. The van der Waals surface area contributed by atoms with Crippen molar-refractivity contribution in [1.29, 1.82) is 0 Å². The van der Waals surface area contributed by atoms with Crippen molar-refractivity contribution in [1.82, 2.24) is 4.98 Å². The molecular weight excluding hydrogens is 330 g/mol. The van der Waals surface area contributed by atoms with Gasteiger partial charge in [0, 0.05) is 11.1 Å². The Bertz CT molecular complexity index is 851. The lowest BCUT2D eigenvalue weighted by atomic mass is 10.1. The van der Waals surface area contributed by atoms with Crippen LogP contribution >= 0.6 is 0 Å². The van der Waals surface area contributed by atoms with Gasteiger partial charge >= 0.3 is 0 Å². The highest BCUT2D eigenvalue weighted by Crippen LogP contribution is 2.36. The third kappa shape index (κ3) is 3.89. The van der Waals surface area contributed by atoms with E-state index >= 15 is 0 Å². The van der Waals surface area contributed by atoms with E-state index in [4.69, 9.17) is 9.15 Å². The molecule has 0 saturated heterocycles. The maximum atomic E-state index is 10.4. The average Bonchev–Trinajstić information content (AvgIpc) is 3.07. The fraction of sp³-hybridized carbons (Fsp3) is 0.286. The van der Waals surface area contributed by atoms with Gasteiger partial charge in [-0.3, -0.25) is 0 Å². The molecule has 1 atom stereocenters. The van der Waals surface area contributed by atoms with Crippen LogP contribution in [-0.4, -0.2) is 22.3 Å². The minimum Gasteiger partial charge on any atom is -0.508 e. The molecular formula is C21H23NO4. The van der Waals surface area contributed by atoms with Crippen LogP contribution in [0.3, 0.4) is 0 Å². The molecule has 5 nitrogen and oxygen atoms in total. The molecule has 136 valence electrons. The molecule has 0 aliphatic heterocycles. The molecule has 3 aromatic rings. The summed E-state index contributed by atoms with van der Waals surface area (Å²) in [5, 5.41) is 20.0. The van der Waals surface area contributed by atoms with Crippen molar-refractivity contribution in [3.05, 3.63) is 54.4 Å². The third-order valence-electron chi connectivity index (χ3n) is 4.12. The summed E-state index contributed by atoms with van der Waals surface area (Å²) in [6.45, 7) is 4.08. The summed E-state index contributed by atoms with van der Waals surface area (Å²) in [4.78, 5) is 4.57. The van der Waals surface area contributed by atoms with Crippen LogP contribution in [0.2, 0.25) is 0 Å². The van der Waals surface area contributed by atoms with Gasteiger partial charge in [0.2, 0.25) is 5.89 Å². The van der Waals surface area contributed by atoms with Crippen LogP contribution in [0, 0.1) is 5.92 Å². The van der Waals surface area contributed by atoms with Crippen LogP contribution in [-0.2, 0) is 0 Å². The Morgan fingerprint density at radius 2 is 1.62 bits per heavy atom. The number of aromatic hydroxyl groups is 1. The molecule has 0 radical (unpaired) electrons. The zero-order chi connectivity index (χ0) is 18.7. The number of aliphatic hydroxyl groups is 1. The lowest BCUT2D eigenvalue weighted by molar-refractivity contribution is 0.121. The molecule has 0 aliphatic carbocycles. The van der Waals surface area contributed by atoms with Crippen molar-refractivity contribution < 1.29 is 19.4 Å². The van der Waals surface area contributed by atoms with Crippen molar-refractivity contribution >= 4 is 0 Å². The second-order valence-electron chi connectivity index (χ2n) is 6.65. The van der Waals surface area contributed by atoms with Crippen molar-refractivity contribution in [2.75, 3.05) is 7.11 Å². The Morgan fingerprint density at radius 3 is 2.19 bits per heavy atom. The summed E-state index contributed by atoms with van der Waals surface area (Å²) < 4.78 is 11.1. The second kappa shape index (κ2) is 7.62. The largest absolute Gasteiger partial charge is 0.508 e. The fourth-order valence-electron chi connectivity index (χ4n) is 2.78. The van der Waals surface area contributed by atoms with E-state index in [0.717, 1.165) is 16.9 Å². The number of aromatic nitrogens is 1. The summed E-state index contributed by atoms with van der Waals surface area (Å²) in [5.74, 6) is 2.11. The highest BCUT2D eigenvalue weighted by atomic mass is 16.5. The minimum absolute atomic E-state index is 0.180. The van der Waals surface area contributed by atoms with Crippen LogP contribution in [0.4, 0.5) is 0 Å². The van der Waals surface area contributed by atoms with E-state index in [1.807, 2.05) is 38.1 Å². The van der Waals surface area contributed by atoms with Gasteiger partial charge < -0.3 is 19.4 Å². The van der Waals surface area contributed by atoms with E-state index in [9.17, 15) is 10.2 Å². The number of oxazole rings is 1. The Hall–Kier alpha value is -2.79. The molecule has 0 amide bonds. The first-order chi connectivity index (χ1) is 12.5. The fourth-order valence-corrected chi connectivity index (χ4v) is 2.78. The van der Waals surface area contributed by atoms with Gasteiger partial charge in [-0.15, -0.1) is 0 Å². The molecule has 0 spiro atoms. The van der Waals surface area contributed by atoms with E-state index in [1.54, 1.807) is 31.4 Å². The normalized spacial score (nSPS) is 12.3. The van der Waals surface area contributed by atoms with Crippen molar-refractivity contribution in [2.45, 2.75) is 26.4 Å². The predicted molar refractivity (Wildman–Crippen MR) is 100 cm³/mol. The van der Waals surface area contributed by atoms with Crippen molar-refractivity contribution in [3.63, 3.8) is 0 Å². The number of hydrogen-bond donors (Lipinski definition) is 2. The van der Waals surface area contributed by atoms with E-state index in [0.29, 0.717) is 29.7 Å². The Balaban J connectivity index is 2.07. The van der Waals surface area contributed by atoms with Gasteiger partial charge in [-0.2, -0.15) is 0 Å². The predicted octanol–water partition coefficient (Wildman–Crippen LogP) is 4.80. The lowest BCUT2D eigenvalue weighted by Crippen LogP contribution is -2.02. The Kier molecular flexibility index (Phi) is 5.28. The zero-order valence-corrected chi connectivity index (χ0v) is 15.1. The molecule has 2 aromatic carbocycles. The Morgan fingerprint density at radius 1 is 1.00 bits per heavy atom. The number of phenols is 1.